The van der Waals surface area contributed by atoms with Crippen LogP contribution in [-0.2, 0) is 4.79 Å². The van der Waals surface area contributed by atoms with Crippen molar-refractivity contribution < 1.29 is 4.79 Å². The first-order chi connectivity index (χ1) is 4.24. The minimum absolute atomic E-state index is 0.0255. The first kappa shape index (κ1) is 7.38. The number of hydrogen-bond donors (Lipinski definition) is 0. The van der Waals surface area contributed by atoms with Gasteiger partial charge in [0.15, 0.2) is 0 Å². The highest BCUT2D eigenvalue weighted by molar-refractivity contribution is 7.99. The Hall–Kier alpha value is 0.270. The van der Waals surface area contributed by atoms with Crippen LogP contribution >= 0.6 is 23.5 Å². The first-order valence-corrected chi connectivity index (χ1v) is 4.00. The van der Waals surface area contributed by atoms with Crippen LogP contribution < -0.4 is 0 Å². The summed E-state index contributed by atoms with van der Waals surface area (Å²) in [6.07, 6.45) is 1.71. The smallest absolute Gasteiger partial charge is 0.138 e. The number of carbonyl (C=O) groups excluding carboxylic acids is 1. The van der Waals surface area contributed by atoms with Crippen molar-refractivity contribution in [2.45, 2.75) is 17.2 Å². The van der Waals surface area contributed by atoms with Gasteiger partial charge in [-0.05, 0) is 13.5 Å². The molecule has 1 aliphatic rings. The van der Waals surface area contributed by atoms with Gasteiger partial charge in [0.1, 0.15) is 6.29 Å². The second-order valence-corrected chi connectivity index (χ2v) is 4.14. The van der Waals surface area contributed by atoms with Gasteiger partial charge in [0.2, 0.25) is 0 Å². The van der Waals surface area contributed by atoms with Crippen molar-refractivity contribution in [3.05, 3.63) is 0 Å². The standard InChI is InChI=1S/C5H8ClNOS/c1-7-4(3-8)2-5(6)9-7/h3-5H,2H2,1H3. The van der Waals surface area contributed by atoms with E-state index in [4.69, 9.17) is 11.6 Å². The predicted molar refractivity (Wildman–Crippen MR) is 39.5 cm³/mol. The highest BCUT2D eigenvalue weighted by atomic mass is 35.5. The zero-order valence-corrected chi connectivity index (χ0v) is 6.65. The van der Waals surface area contributed by atoms with Gasteiger partial charge in [-0.3, -0.25) is 0 Å². The van der Waals surface area contributed by atoms with Crippen molar-refractivity contribution in [3.63, 3.8) is 0 Å². The fourth-order valence-corrected chi connectivity index (χ4v) is 2.28. The lowest BCUT2D eigenvalue weighted by Crippen LogP contribution is -2.20. The van der Waals surface area contributed by atoms with E-state index in [1.807, 2.05) is 11.4 Å². The lowest BCUT2D eigenvalue weighted by atomic mass is 10.3. The van der Waals surface area contributed by atoms with Gasteiger partial charge >= 0.3 is 0 Å². The Labute approximate surface area is 63.7 Å². The predicted octanol–water partition coefficient (Wildman–Crippen LogP) is 1.10. The van der Waals surface area contributed by atoms with Crippen LogP contribution in [0.25, 0.3) is 0 Å². The van der Waals surface area contributed by atoms with Gasteiger partial charge in [0.05, 0.1) is 10.8 Å². The minimum atomic E-state index is 0.0255. The van der Waals surface area contributed by atoms with Crippen LogP contribution in [0.1, 0.15) is 6.42 Å². The molecule has 0 aromatic carbocycles. The van der Waals surface area contributed by atoms with Gasteiger partial charge < -0.3 is 4.79 Å². The highest BCUT2D eigenvalue weighted by Crippen LogP contribution is 2.33. The van der Waals surface area contributed by atoms with E-state index in [2.05, 4.69) is 0 Å². The van der Waals surface area contributed by atoms with E-state index in [1.165, 1.54) is 11.9 Å². The minimum Gasteiger partial charge on any atom is -0.302 e. The molecule has 4 heteroatoms. The molecular weight excluding hydrogens is 158 g/mol. The number of carbonyl (C=O) groups is 1. The monoisotopic (exact) mass is 165 g/mol. The van der Waals surface area contributed by atoms with Gasteiger partial charge in [-0.1, -0.05) is 11.9 Å². The molecule has 0 aromatic rings. The maximum atomic E-state index is 10.2. The van der Waals surface area contributed by atoms with Crippen LogP contribution in [0.2, 0.25) is 0 Å². The third kappa shape index (κ3) is 1.60. The van der Waals surface area contributed by atoms with Gasteiger partial charge in [0, 0.05) is 0 Å². The molecule has 52 valence electrons. The normalized spacial score (nSPS) is 37.1. The average Bonchev–Trinajstić information content (AvgIpc) is 2.10. The number of aldehydes is 1. The summed E-state index contributed by atoms with van der Waals surface area (Å²) in [5, 5.41) is 0. The van der Waals surface area contributed by atoms with E-state index in [-0.39, 0.29) is 10.8 Å². The SMILES string of the molecule is CN1SC(Cl)CC1C=O. The zero-order valence-electron chi connectivity index (χ0n) is 5.08. The van der Waals surface area contributed by atoms with E-state index in [0.29, 0.717) is 0 Å². The van der Waals surface area contributed by atoms with Crippen molar-refractivity contribution in [3.8, 4) is 0 Å². The molecule has 0 saturated carbocycles. The summed E-state index contributed by atoms with van der Waals surface area (Å²) in [6.45, 7) is 0. The number of halogens is 1. The third-order valence-electron chi connectivity index (χ3n) is 1.33. The molecule has 0 aliphatic carbocycles. The van der Waals surface area contributed by atoms with Crippen LogP contribution in [0.15, 0.2) is 0 Å². The van der Waals surface area contributed by atoms with Crippen molar-refractivity contribution in [2.24, 2.45) is 0 Å². The summed E-state index contributed by atoms with van der Waals surface area (Å²) in [5.74, 6) is 0. The number of rotatable bonds is 1. The van der Waals surface area contributed by atoms with Crippen LogP contribution in [0.3, 0.4) is 0 Å². The maximum absolute atomic E-state index is 10.2. The maximum Gasteiger partial charge on any atom is 0.138 e. The van der Waals surface area contributed by atoms with Crippen LogP contribution in [0, 0.1) is 0 Å². The molecule has 0 radical (unpaired) electrons. The van der Waals surface area contributed by atoms with E-state index in [0.717, 1.165) is 12.7 Å². The second kappa shape index (κ2) is 2.90. The lowest BCUT2D eigenvalue weighted by molar-refractivity contribution is -0.110. The number of nitrogens with zero attached hydrogens (tertiary/aromatic N) is 1. The van der Waals surface area contributed by atoms with E-state index in [9.17, 15) is 4.79 Å². The average molecular weight is 166 g/mol. The second-order valence-electron chi connectivity index (χ2n) is 2.00. The van der Waals surface area contributed by atoms with Crippen molar-refractivity contribution in [2.75, 3.05) is 7.05 Å². The zero-order chi connectivity index (χ0) is 6.85. The molecule has 0 amide bonds. The molecule has 1 fully saturated rings. The Morgan fingerprint density at radius 1 is 1.89 bits per heavy atom. The molecular formula is C5H8ClNOS. The molecule has 2 atom stereocenters. The summed E-state index contributed by atoms with van der Waals surface area (Å²) < 4.78 is 1.98. The van der Waals surface area contributed by atoms with Gasteiger partial charge in [0.25, 0.3) is 0 Å². The third-order valence-corrected chi connectivity index (χ3v) is 2.77. The molecule has 0 spiro atoms. The molecule has 0 aromatic heterocycles. The Morgan fingerprint density at radius 2 is 2.56 bits per heavy atom. The van der Waals surface area contributed by atoms with Crippen LogP contribution in [-0.4, -0.2) is 28.4 Å². The Bertz CT molecular complexity index is 122. The molecule has 2 unspecified atom stereocenters. The highest BCUT2D eigenvalue weighted by Gasteiger charge is 2.28. The molecule has 0 N–H and O–H groups in total. The van der Waals surface area contributed by atoms with E-state index >= 15 is 0 Å². The lowest BCUT2D eigenvalue weighted by Gasteiger charge is -2.08. The molecule has 1 heterocycles. The summed E-state index contributed by atoms with van der Waals surface area (Å²) in [5.41, 5.74) is 0. The van der Waals surface area contributed by atoms with Gasteiger partial charge in [-0.25, -0.2) is 4.31 Å². The molecule has 9 heavy (non-hydrogen) atoms. The summed E-state index contributed by atoms with van der Waals surface area (Å²) in [6, 6.07) is 0.0255. The fourth-order valence-electron chi connectivity index (χ4n) is 0.781. The number of likely N-dealkylation sites (N-methyl/N-ethyl adjacent to an activating group) is 1. The van der Waals surface area contributed by atoms with Crippen molar-refractivity contribution >= 4 is 29.8 Å². The molecule has 2 nitrogen and oxygen atoms in total. The van der Waals surface area contributed by atoms with Gasteiger partial charge in [-0.15, -0.1) is 11.6 Å². The Morgan fingerprint density at radius 3 is 2.78 bits per heavy atom. The summed E-state index contributed by atoms with van der Waals surface area (Å²) >= 11 is 7.26. The number of hydrogen-bond acceptors (Lipinski definition) is 3. The van der Waals surface area contributed by atoms with Gasteiger partial charge in [-0.2, -0.15) is 0 Å². The number of alkyl halides is 1. The van der Waals surface area contributed by atoms with Crippen LogP contribution in [0.4, 0.5) is 0 Å². The Kier molecular flexibility index (Phi) is 2.38. The quantitative estimate of drug-likeness (QED) is 0.330. The fraction of sp³-hybridized carbons (Fsp3) is 0.800. The molecule has 1 rings (SSSR count). The van der Waals surface area contributed by atoms with Crippen LogP contribution in [0.5, 0.6) is 0 Å². The molecule has 1 aliphatic heterocycles. The van der Waals surface area contributed by atoms with Crippen molar-refractivity contribution in [1.82, 2.24) is 4.31 Å². The summed E-state index contributed by atoms with van der Waals surface area (Å²) in [4.78, 5) is 10.2. The van der Waals surface area contributed by atoms with Crippen molar-refractivity contribution in [1.29, 1.82) is 0 Å². The first-order valence-electron chi connectivity index (χ1n) is 2.73. The summed E-state index contributed by atoms with van der Waals surface area (Å²) in [7, 11) is 1.88. The topological polar surface area (TPSA) is 20.3 Å². The Balaban J connectivity index is 2.47. The van der Waals surface area contributed by atoms with E-state index < -0.39 is 0 Å². The van der Waals surface area contributed by atoms with E-state index in [1.54, 1.807) is 0 Å². The molecule has 1 saturated heterocycles. The molecule has 0 bridgehead atoms. The largest absolute Gasteiger partial charge is 0.302 e.